The van der Waals surface area contributed by atoms with Gasteiger partial charge in [0, 0.05) is 145 Å². The van der Waals surface area contributed by atoms with Crippen LogP contribution in [-0.2, 0) is 83.2 Å². The predicted molar refractivity (Wildman–Crippen MR) is 603 cm³/mol. The molecule has 148 heavy (non-hydrogen) atoms. The molecular weight excluding hydrogens is 3330 g/mol. The van der Waals surface area contributed by atoms with Crippen molar-refractivity contribution in [1.82, 2.24) is 0 Å². The van der Waals surface area contributed by atoms with Gasteiger partial charge in [-0.05, 0) is 377 Å². The molecule has 0 unspecified atom stereocenters. The molecule has 10 aromatic carbocycles. The standard InChI is InChI=1S/C15H12BrNO4.C13H16BrNO4.C11H10BrNO4.C10H7Br3O4.C9H6Br3NO3.C9H5Br3O4.C9H7Br3O3.C9H7Br3O2.C8H5Br3O2/c16-12-8-11(14(18)19)6-7-13(12)17-15(20)21-9-10-4-2-1-3-5-10;1-13(2,3)19-12(18)15(4)10-6-5-8(11(16)17)7-9(10)14;1-2-5-17-11(16)13-9-4-3-7(10(14)15)6-8(9)12;11-5-3-6(9(13)7(12)4-5)10(16)17-2-1-8(14)15;1-3(14)13-8-5(11)2-4(10)6(7(8)12)9(15)16;10-4-1-5(8(12)6(11)2-4)9(15)16-3-7(13)14;10-5-1-7(11)6(8(12)2-5)3-15-4-9(13)14;10-6-3-5(1-2-8(13)14)9(12)7(11)4-6;9-5-1-4(2-7(12)13)8(11)6(10)3-5/h1-8H,9H2,(H,17,20)(H,18,19);5-7H,1-4H3,(H,16,17);2-4,6H,1,5H2,(H,13,16)(H,14,15);3-4H,1-2H2,(H,14,15);2H,1H3,(H,13,14)(H,15,16);1-2H,3H2,(H,13,14);1-2H,3-4H2,(H,13,14);3-4H,1-2H2,(H,13,14);1,3H,2H2,(H,12,13)/p-9. The van der Waals surface area contributed by atoms with E-state index in [0.29, 0.717) is 89.5 Å². The number of aliphatic carboxylic acids is 5. The van der Waals surface area contributed by atoms with Gasteiger partial charge in [-0.1, -0.05) is 189 Å². The smallest absolute Gasteiger partial charge is 0.414 e. The van der Waals surface area contributed by atoms with Crippen LogP contribution in [0.5, 0.6) is 0 Å². The van der Waals surface area contributed by atoms with Crippen molar-refractivity contribution in [2.75, 3.05) is 54.3 Å². The van der Waals surface area contributed by atoms with Crippen molar-refractivity contribution in [3.63, 3.8) is 0 Å². The van der Waals surface area contributed by atoms with Crippen LogP contribution in [0.2, 0.25) is 0 Å². The predicted octanol–water partition coefficient (Wildman–Crippen LogP) is 19.9. The van der Waals surface area contributed by atoms with E-state index in [1.807, 2.05) is 60.7 Å². The highest BCUT2D eigenvalue weighted by molar-refractivity contribution is 9.15. The Bertz CT molecular complexity index is 6500. The highest BCUT2D eigenvalue weighted by atomic mass is 79.9. The number of carbonyl (C=O) groups excluding carboxylic acids is 15. The average molecular weight is 3400 g/mol. The van der Waals surface area contributed by atoms with Gasteiger partial charge in [-0.3, -0.25) is 20.3 Å². The number of amides is 4. The number of rotatable bonds is 28. The SMILES string of the molecule is C=CCOC(=O)Nc1ccc(C(=O)[O-])cc1Br.CC(=O)Nc1c(Br)cc(Br)c(C(=O)[O-])c1Br.CN(C(=O)OC(C)(C)C)c1ccc(C(=O)[O-])cc1Br.O=C(Nc1ccc(C(=O)[O-])cc1Br)OCc1ccccc1.O=C([O-])CCOC(=O)c1cc(Br)cc(Br)c1Br.O=C([O-])CCc1cc(Br)cc(Br)c1Br.O=C([O-])COC(=O)c1cc(Br)cc(Br)c1Br.O=C([O-])COCc1c(Br)cc(Br)cc1Br.O=C([O-])Cc1cc(Br)cc(Br)c1Br. The first kappa shape index (κ1) is 137. The zero-order valence-electron chi connectivity index (χ0n) is 75.4. The molecule has 3 N–H and O–H groups in total. The molecule has 0 aromatic heterocycles. The van der Waals surface area contributed by atoms with Crippen molar-refractivity contribution < 1.29 is 146 Å². The summed E-state index contributed by atoms with van der Waals surface area (Å²) >= 11 is 68.4. The summed E-state index contributed by atoms with van der Waals surface area (Å²) in [6.45, 7) is 9.12. The van der Waals surface area contributed by atoms with Crippen LogP contribution in [-0.4, -0.2) is 129 Å². The molecule has 794 valence electrons. The third-order valence-corrected chi connectivity index (χ3v) is 32.2. The summed E-state index contributed by atoms with van der Waals surface area (Å²) in [6.07, 6.45) is -0.282. The minimum absolute atomic E-state index is 0.0156. The first-order chi connectivity index (χ1) is 68.9. The average Bonchev–Trinajstić information content (AvgIpc) is 0.798. The number of esters is 2. The molecule has 10 rings (SSSR count). The number of carboxylic acid groups (broad SMARTS) is 9. The molecule has 34 nitrogen and oxygen atoms in total. The summed E-state index contributed by atoms with van der Waals surface area (Å²) < 4.78 is 43.3. The van der Waals surface area contributed by atoms with Crippen molar-refractivity contribution in [3.8, 4) is 0 Å². The Balaban J connectivity index is 0.000000564. The zero-order chi connectivity index (χ0) is 113. The monoisotopic (exact) mass is 3380 g/mol. The maximum absolute atomic E-state index is 11.9. The lowest BCUT2D eigenvalue weighted by Crippen LogP contribution is -2.34. The lowest BCUT2D eigenvalue weighted by Gasteiger charge is -2.25. The minimum atomic E-state index is -1.45. The second-order valence-corrected chi connectivity index (χ2v) is 46.5. The van der Waals surface area contributed by atoms with Gasteiger partial charge in [0.25, 0.3) is 0 Å². The summed E-state index contributed by atoms with van der Waals surface area (Å²) in [5.41, 5.74) is 5.01. The van der Waals surface area contributed by atoms with Crippen LogP contribution in [0.3, 0.4) is 0 Å². The number of benzene rings is 10. The van der Waals surface area contributed by atoms with Crippen molar-refractivity contribution in [2.45, 2.75) is 72.2 Å². The summed E-state index contributed by atoms with van der Waals surface area (Å²) in [6, 6.07) is 41.0. The third-order valence-electron chi connectivity index (χ3n) is 16.2. The van der Waals surface area contributed by atoms with Gasteiger partial charge < -0.3 is 123 Å². The van der Waals surface area contributed by atoms with Crippen LogP contribution in [0.1, 0.15) is 125 Å². The Kier molecular flexibility index (Phi) is 65.1. The molecule has 0 aliphatic heterocycles. The number of nitrogens with one attached hydrogen (secondary N) is 3. The maximum atomic E-state index is 11.9. The largest absolute Gasteiger partial charge is 0.550 e. The quantitative estimate of drug-likeness (QED) is 0.0177. The van der Waals surface area contributed by atoms with Crippen LogP contribution in [0.4, 0.5) is 37.1 Å². The molecule has 0 radical (unpaired) electrons. The molecule has 0 aliphatic rings. The minimum Gasteiger partial charge on any atom is -0.550 e. The number of halogens is 21. The molecule has 0 aliphatic carbocycles. The summed E-state index contributed by atoms with van der Waals surface area (Å²) in [5, 5.41) is 102. The highest BCUT2D eigenvalue weighted by Gasteiger charge is 2.24. The topological polar surface area (TPSA) is 558 Å². The van der Waals surface area contributed by atoms with Gasteiger partial charge in [-0.25, -0.2) is 24.0 Å². The van der Waals surface area contributed by atoms with Gasteiger partial charge in [0.2, 0.25) is 5.91 Å². The number of carbonyl (C=O) groups is 15. The van der Waals surface area contributed by atoms with Gasteiger partial charge in [-0.2, -0.15) is 0 Å². The molecule has 10 aromatic rings. The molecule has 0 fully saturated rings. The number of aryl methyl sites for hydroxylation is 1. The van der Waals surface area contributed by atoms with Gasteiger partial charge in [0.15, 0.2) is 0 Å². The van der Waals surface area contributed by atoms with E-state index in [9.17, 15) is 118 Å². The molecule has 0 saturated carbocycles. The Morgan fingerprint density at radius 1 is 0.378 bits per heavy atom. The normalized spacial score (nSPS) is 10.1. The number of aromatic carboxylic acids is 4. The summed E-state index contributed by atoms with van der Waals surface area (Å²) in [7, 11) is 1.55. The van der Waals surface area contributed by atoms with E-state index in [2.05, 4.69) is 362 Å². The lowest BCUT2D eigenvalue weighted by molar-refractivity contribution is -0.310. The molecule has 0 atom stereocenters. The molecule has 0 heterocycles. The maximum Gasteiger partial charge on any atom is 0.414 e. The fourth-order valence-corrected chi connectivity index (χ4v) is 23.2. The number of ether oxygens (including phenoxy) is 6. The van der Waals surface area contributed by atoms with Crippen molar-refractivity contribution in [2.24, 2.45) is 0 Å². The number of carboxylic acids is 9. The highest BCUT2D eigenvalue weighted by Crippen LogP contribution is 2.41. The van der Waals surface area contributed by atoms with Crippen LogP contribution in [0.15, 0.2) is 258 Å². The van der Waals surface area contributed by atoms with Crippen molar-refractivity contribution in [3.05, 3.63) is 314 Å². The third kappa shape index (κ3) is 53.0. The summed E-state index contributed by atoms with van der Waals surface area (Å²) in [5.74, 6) is -12.9. The number of hydrogen-bond donors (Lipinski definition) is 3. The molecule has 0 spiro atoms. The van der Waals surface area contributed by atoms with E-state index < -0.39 is 103 Å². The fourth-order valence-electron chi connectivity index (χ4n) is 9.82. The van der Waals surface area contributed by atoms with Gasteiger partial charge in [-0.15, -0.1) is 0 Å². The van der Waals surface area contributed by atoms with E-state index in [1.165, 1.54) is 84.6 Å². The van der Waals surface area contributed by atoms with Crippen LogP contribution in [0.25, 0.3) is 0 Å². The van der Waals surface area contributed by atoms with Gasteiger partial charge in [0.1, 0.15) is 25.4 Å². The van der Waals surface area contributed by atoms with Crippen LogP contribution >= 0.6 is 335 Å². The van der Waals surface area contributed by atoms with Gasteiger partial charge in [0.05, 0.1) is 94.0 Å². The Morgan fingerprint density at radius 3 is 1.20 bits per heavy atom. The van der Waals surface area contributed by atoms with Crippen molar-refractivity contribution >= 4 is 447 Å². The number of anilines is 4. The van der Waals surface area contributed by atoms with Crippen molar-refractivity contribution in [1.29, 1.82) is 0 Å². The molecule has 55 heteroatoms. The van der Waals surface area contributed by atoms with E-state index in [-0.39, 0.29) is 83.9 Å². The molecule has 4 amide bonds. The first-order valence-electron chi connectivity index (χ1n) is 39.7. The molecule has 0 bridgehead atoms. The second-order valence-electron chi connectivity index (χ2n) is 28.6. The van der Waals surface area contributed by atoms with Gasteiger partial charge >= 0.3 is 30.2 Å². The van der Waals surface area contributed by atoms with E-state index >= 15 is 0 Å². The lowest BCUT2D eigenvalue weighted by atomic mass is 10.1. The Labute approximate surface area is 1020 Å². The Hall–Kier alpha value is -6.57. The molecular formula is C93H66Br21N4O30-9. The van der Waals surface area contributed by atoms with Crippen LogP contribution < -0.4 is 66.8 Å². The van der Waals surface area contributed by atoms with E-state index in [4.69, 9.17) is 23.7 Å². The number of nitrogens with zero attached hydrogens (tertiary/aromatic N) is 1. The van der Waals surface area contributed by atoms with E-state index in [0.717, 1.165) is 56.9 Å². The molecule has 0 saturated heterocycles. The Morgan fingerprint density at radius 2 is 0.791 bits per heavy atom. The zero-order valence-corrected chi connectivity index (χ0v) is 109. The van der Waals surface area contributed by atoms with E-state index in [1.54, 1.807) is 52.1 Å². The number of hydrogen-bond acceptors (Lipinski definition) is 30. The summed E-state index contributed by atoms with van der Waals surface area (Å²) in [4.78, 5) is 164. The van der Waals surface area contributed by atoms with Crippen LogP contribution in [0, 0.1) is 0 Å². The fraction of sp³-hybridized carbons (Fsp3) is 0.172. The second kappa shape index (κ2) is 70.0. The first-order valence-corrected chi connectivity index (χ1v) is 56.3.